The van der Waals surface area contributed by atoms with E-state index >= 15 is 0 Å². The van der Waals surface area contributed by atoms with E-state index in [9.17, 15) is 4.79 Å². The van der Waals surface area contributed by atoms with Crippen molar-refractivity contribution in [3.8, 4) is 6.07 Å². The Balaban J connectivity index is 2.21. The first-order valence-corrected chi connectivity index (χ1v) is 7.21. The number of amides is 1. The molecule has 0 atom stereocenters. The van der Waals surface area contributed by atoms with Crippen molar-refractivity contribution < 1.29 is 4.79 Å². The summed E-state index contributed by atoms with van der Waals surface area (Å²) in [4.78, 5) is 22.9. The quantitative estimate of drug-likeness (QED) is 0.911. The summed E-state index contributed by atoms with van der Waals surface area (Å²) in [6.07, 6.45) is 3.67. The number of thiazole rings is 1. The molecule has 0 spiro atoms. The number of carbonyl (C=O) groups excluding carboxylic acids is 1. The van der Waals surface area contributed by atoms with Crippen LogP contribution in [0.3, 0.4) is 0 Å². The van der Waals surface area contributed by atoms with E-state index in [4.69, 9.17) is 11.0 Å². The van der Waals surface area contributed by atoms with Gasteiger partial charge in [-0.25, -0.2) is 4.98 Å². The summed E-state index contributed by atoms with van der Waals surface area (Å²) in [5.74, 6) is -0.152. The van der Waals surface area contributed by atoms with Gasteiger partial charge < -0.3 is 10.6 Å². The zero-order chi connectivity index (χ0) is 15.2. The number of nitrogen functional groups attached to an aromatic ring is 1. The number of nitrogens with zero attached hydrogens (tertiary/aromatic N) is 4. The van der Waals surface area contributed by atoms with Crippen LogP contribution in [0, 0.1) is 18.3 Å². The van der Waals surface area contributed by atoms with Crippen molar-refractivity contribution >= 4 is 22.4 Å². The molecule has 1 amide bonds. The van der Waals surface area contributed by atoms with Gasteiger partial charge in [-0.2, -0.15) is 5.26 Å². The highest BCUT2D eigenvalue weighted by Gasteiger charge is 2.21. The predicted molar refractivity (Wildman–Crippen MR) is 80.5 cm³/mol. The van der Waals surface area contributed by atoms with Gasteiger partial charge >= 0.3 is 0 Å². The van der Waals surface area contributed by atoms with Crippen LogP contribution < -0.4 is 5.73 Å². The van der Waals surface area contributed by atoms with Crippen LogP contribution in [-0.4, -0.2) is 27.3 Å². The molecule has 2 aromatic rings. The smallest absolute Gasteiger partial charge is 0.266 e. The van der Waals surface area contributed by atoms with E-state index in [0.29, 0.717) is 28.8 Å². The Morgan fingerprint density at radius 3 is 2.95 bits per heavy atom. The van der Waals surface area contributed by atoms with Gasteiger partial charge in [0, 0.05) is 25.5 Å². The average Bonchev–Trinajstić information content (AvgIpc) is 2.82. The molecule has 0 aliphatic rings. The Labute approximate surface area is 126 Å². The first-order valence-electron chi connectivity index (χ1n) is 6.40. The Hall–Kier alpha value is -2.46. The summed E-state index contributed by atoms with van der Waals surface area (Å²) in [5.41, 5.74) is 7.18. The lowest BCUT2D eigenvalue weighted by Crippen LogP contribution is -2.31. The highest BCUT2D eigenvalue weighted by molar-refractivity contribution is 7.17. The van der Waals surface area contributed by atoms with Gasteiger partial charge in [0.15, 0.2) is 5.13 Å². The van der Waals surface area contributed by atoms with E-state index in [1.807, 2.05) is 12.1 Å². The van der Waals surface area contributed by atoms with Gasteiger partial charge in [0.1, 0.15) is 4.88 Å². The third-order valence-corrected chi connectivity index (χ3v) is 3.86. The minimum absolute atomic E-state index is 0.152. The first kappa shape index (κ1) is 14.9. The molecule has 108 valence electrons. The van der Waals surface area contributed by atoms with Crippen molar-refractivity contribution in [3.63, 3.8) is 0 Å². The number of anilines is 1. The maximum absolute atomic E-state index is 12.6. The van der Waals surface area contributed by atoms with Gasteiger partial charge in [-0.3, -0.25) is 9.78 Å². The van der Waals surface area contributed by atoms with Gasteiger partial charge in [-0.05, 0) is 18.6 Å². The lowest BCUT2D eigenvalue weighted by Gasteiger charge is -2.21. The number of carbonyl (C=O) groups is 1. The fourth-order valence-corrected chi connectivity index (χ4v) is 2.71. The topological polar surface area (TPSA) is 95.9 Å². The molecule has 21 heavy (non-hydrogen) atoms. The Bertz CT molecular complexity index is 662. The molecule has 2 heterocycles. The van der Waals surface area contributed by atoms with Gasteiger partial charge in [0.25, 0.3) is 5.91 Å². The minimum Gasteiger partial charge on any atom is -0.375 e. The van der Waals surface area contributed by atoms with Crippen LogP contribution in [0.5, 0.6) is 0 Å². The van der Waals surface area contributed by atoms with E-state index in [1.165, 1.54) is 11.3 Å². The van der Waals surface area contributed by atoms with Crippen molar-refractivity contribution in [1.29, 1.82) is 5.26 Å². The number of rotatable bonds is 5. The zero-order valence-corrected chi connectivity index (χ0v) is 12.4. The fraction of sp³-hybridized carbons (Fsp3) is 0.286. The summed E-state index contributed by atoms with van der Waals surface area (Å²) in [6.45, 7) is 2.53. The van der Waals surface area contributed by atoms with E-state index in [2.05, 4.69) is 16.0 Å². The normalized spacial score (nSPS) is 10.1. The molecule has 0 unspecified atom stereocenters. The fourth-order valence-electron chi connectivity index (χ4n) is 1.91. The predicted octanol–water partition coefficient (Wildman–Crippen LogP) is 1.98. The number of aromatic nitrogens is 2. The number of nitrogens with two attached hydrogens (primary N) is 1. The van der Waals surface area contributed by atoms with Crippen molar-refractivity contribution in [2.24, 2.45) is 0 Å². The molecular weight excluding hydrogens is 286 g/mol. The van der Waals surface area contributed by atoms with Crippen LogP contribution in [0.4, 0.5) is 5.13 Å². The number of pyridine rings is 1. The second-order valence-corrected chi connectivity index (χ2v) is 5.49. The molecule has 0 aliphatic heterocycles. The standard InChI is InChI=1S/C14H15N5OS/c1-10-12(21-14(16)18-10)13(20)19(7-3-5-15)9-11-4-2-6-17-8-11/h2,4,6,8H,3,7,9H2,1H3,(H2,16,18). The average molecular weight is 301 g/mol. The summed E-state index contributed by atoms with van der Waals surface area (Å²) < 4.78 is 0. The largest absolute Gasteiger partial charge is 0.375 e. The monoisotopic (exact) mass is 301 g/mol. The third kappa shape index (κ3) is 3.77. The minimum atomic E-state index is -0.152. The van der Waals surface area contributed by atoms with Crippen LogP contribution in [0.2, 0.25) is 0 Å². The van der Waals surface area contributed by atoms with Gasteiger partial charge in [-0.15, -0.1) is 0 Å². The lowest BCUT2D eigenvalue weighted by atomic mass is 10.2. The number of hydrogen-bond acceptors (Lipinski definition) is 6. The SMILES string of the molecule is Cc1nc(N)sc1C(=O)N(CCC#N)Cc1cccnc1. The van der Waals surface area contributed by atoms with Crippen LogP contribution >= 0.6 is 11.3 Å². The summed E-state index contributed by atoms with van der Waals surface area (Å²) >= 11 is 1.17. The number of nitriles is 1. The highest BCUT2D eigenvalue weighted by Crippen LogP contribution is 2.22. The highest BCUT2D eigenvalue weighted by atomic mass is 32.1. The molecule has 0 saturated carbocycles. The molecule has 0 fully saturated rings. The Morgan fingerprint density at radius 2 is 2.38 bits per heavy atom. The molecule has 7 heteroatoms. The van der Waals surface area contributed by atoms with Crippen LogP contribution in [-0.2, 0) is 6.54 Å². The summed E-state index contributed by atoms with van der Waals surface area (Å²) in [6, 6.07) is 5.78. The molecule has 0 aromatic carbocycles. The second kappa shape index (κ2) is 6.81. The van der Waals surface area contributed by atoms with Crippen molar-refractivity contribution in [3.05, 3.63) is 40.7 Å². The molecule has 2 aromatic heterocycles. The Morgan fingerprint density at radius 1 is 1.57 bits per heavy atom. The van der Waals surface area contributed by atoms with Crippen molar-refractivity contribution in [1.82, 2.24) is 14.9 Å². The molecule has 2 N–H and O–H groups in total. The number of hydrogen-bond donors (Lipinski definition) is 1. The van der Waals surface area contributed by atoms with E-state index < -0.39 is 0 Å². The van der Waals surface area contributed by atoms with Crippen molar-refractivity contribution in [2.45, 2.75) is 19.9 Å². The molecular formula is C14H15N5OS. The molecule has 6 nitrogen and oxygen atoms in total. The van der Waals surface area contributed by atoms with E-state index in [0.717, 1.165) is 5.56 Å². The summed E-state index contributed by atoms with van der Waals surface area (Å²) in [7, 11) is 0. The second-order valence-electron chi connectivity index (χ2n) is 4.46. The van der Waals surface area contributed by atoms with Crippen LogP contribution in [0.1, 0.15) is 27.3 Å². The molecule has 2 rings (SSSR count). The van der Waals surface area contributed by atoms with Crippen LogP contribution in [0.15, 0.2) is 24.5 Å². The van der Waals surface area contributed by atoms with Crippen LogP contribution in [0.25, 0.3) is 0 Å². The molecule has 0 saturated heterocycles. The van der Waals surface area contributed by atoms with Gasteiger partial charge in [-0.1, -0.05) is 17.4 Å². The van der Waals surface area contributed by atoms with Crippen molar-refractivity contribution in [2.75, 3.05) is 12.3 Å². The molecule has 0 aliphatic carbocycles. The van der Waals surface area contributed by atoms with Gasteiger partial charge in [0.2, 0.25) is 0 Å². The first-order chi connectivity index (χ1) is 10.1. The number of aryl methyl sites for hydroxylation is 1. The lowest BCUT2D eigenvalue weighted by molar-refractivity contribution is 0.0750. The zero-order valence-electron chi connectivity index (χ0n) is 11.6. The van der Waals surface area contributed by atoms with E-state index in [1.54, 1.807) is 24.2 Å². The van der Waals surface area contributed by atoms with E-state index in [-0.39, 0.29) is 12.3 Å². The van der Waals surface area contributed by atoms with Gasteiger partial charge in [0.05, 0.1) is 18.2 Å². The molecule has 0 radical (unpaired) electrons. The summed E-state index contributed by atoms with van der Waals surface area (Å²) in [5, 5.41) is 9.13. The maximum Gasteiger partial charge on any atom is 0.266 e. The third-order valence-electron chi connectivity index (χ3n) is 2.88. The molecule has 0 bridgehead atoms. The Kier molecular flexibility index (Phi) is 4.85. The maximum atomic E-state index is 12.6.